The van der Waals surface area contributed by atoms with E-state index in [1.807, 2.05) is 0 Å². The summed E-state index contributed by atoms with van der Waals surface area (Å²) in [6.45, 7) is 8.78. The molecule has 2 N–H and O–H groups in total. The molecule has 8 atom stereocenters. The van der Waals surface area contributed by atoms with Crippen molar-refractivity contribution in [1.29, 1.82) is 0 Å². The number of aliphatic hydroxyl groups excluding tert-OH is 2. The van der Waals surface area contributed by atoms with Crippen LogP contribution in [0, 0.1) is 11.8 Å². The molecule has 0 heterocycles. The second kappa shape index (κ2) is 18.9. The Morgan fingerprint density at radius 1 is 0.651 bits per heavy atom. The summed E-state index contributed by atoms with van der Waals surface area (Å²) in [4.78, 5) is 47.2. The summed E-state index contributed by atoms with van der Waals surface area (Å²) in [5, 5.41) is 20.0. The van der Waals surface area contributed by atoms with Crippen molar-refractivity contribution in [1.82, 2.24) is 0 Å². The first-order valence-corrected chi connectivity index (χ1v) is 14.1. The van der Waals surface area contributed by atoms with Gasteiger partial charge < -0.3 is 52.8 Å². The third-order valence-corrected chi connectivity index (χ3v) is 6.71. The second-order valence-corrected chi connectivity index (χ2v) is 9.97. The van der Waals surface area contributed by atoms with Gasteiger partial charge in [0.2, 0.25) is 12.6 Å². The summed E-state index contributed by atoms with van der Waals surface area (Å²) in [7, 11) is 0. The van der Waals surface area contributed by atoms with Gasteiger partial charge in [0, 0.05) is 0 Å². The SMILES string of the molecule is C=CC1CCC(OC(=O)OCCOC(=O)OC(C)OC(C)OC(=O)OCCOC(=O)OC2CC(C=C)CCC2O)C(O)C1. The average Bonchev–Trinajstić information content (AvgIpc) is 2.95. The Labute approximate surface area is 249 Å². The Kier molecular flexibility index (Phi) is 15.6. The molecule has 2 aliphatic carbocycles. The highest BCUT2D eigenvalue weighted by Gasteiger charge is 2.32. The molecule has 0 aromatic carbocycles. The van der Waals surface area contributed by atoms with Crippen molar-refractivity contribution in [2.24, 2.45) is 11.8 Å². The molecule has 2 aliphatic rings. The first-order valence-electron chi connectivity index (χ1n) is 14.1. The summed E-state index contributed by atoms with van der Waals surface area (Å²) in [5.74, 6) is 0.299. The summed E-state index contributed by atoms with van der Waals surface area (Å²) >= 11 is 0. The van der Waals surface area contributed by atoms with Crippen molar-refractivity contribution in [3.63, 3.8) is 0 Å². The van der Waals surface area contributed by atoms with E-state index in [1.54, 1.807) is 12.2 Å². The lowest BCUT2D eigenvalue weighted by atomic mass is 9.85. The lowest BCUT2D eigenvalue weighted by Crippen LogP contribution is -2.37. The fraction of sp³-hybridized carbons (Fsp3) is 0.714. The van der Waals surface area contributed by atoms with Crippen LogP contribution in [0.1, 0.15) is 52.4 Å². The van der Waals surface area contributed by atoms with E-state index in [1.165, 1.54) is 13.8 Å². The van der Waals surface area contributed by atoms with Crippen LogP contribution in [0.15, 0.2) is 25.3 Å². The molecule has 15 heteroatoms. The number of rotatable bonds is 14. The van der Waals surface area contributed by atoms with E-state index in [0.717, 1.165) is 12.8 Å². The zero-order valence-corrected chi connectivity index (χ0v) is 24.5. The second-order valence-electron chi connectivity index (χ2n) is 9.97. The van der Waals surface area contributed by atoms with Crippen LogP contribution in [0.3, 0.4) is 0 Å². The van der Waals surface area contributed by atoms with E-state index in [0.29, 0.717) is 25.7 Å². The van der Waals surface area contributed by atoms with E-state index in [-0.39, 0.29) is 38.3 Å². The van der Waals surface area contributed by atoms with Gasteiger partial charge in [-0.15, -0.1) is 13.2 Å². The van der Waals surface area contributed by atoms with E-state index in [4.69, 9.17) is 42.6 Å². The monoisotopic (exact) mass is 618 g/mol. The molecular weight excluding hydrogens is 576 g/mol. The van der Waals surface area contributed by atoms with Gasteiger partial charge in [0.15, 0.2) is 0 Å². The van der Waals surface area contributed by atoms with E-state index >= 15 is 0 Å². The van der Waals surface area contributed by atoms with Gasteiger partial charge >= 0.3 is 24.6 Å². The maximum Gasteiger partial charge on any atom is 0.510 e. The van der Waals surface area contributed by atoms with Crippen LogP contribution in [-0.2, 0) is 42.6 Å². The molecule has 0 spiro atoms. The molecule has 0 bridgehead atoms. The first kappa shape index (κ1) is 35.6. The first-order chi connectivity index (χ1) is 20.5. The Morgan fingerprint density at radius 2 is 1.09 bits per heavy atom. The Hall–Kier alpha value is -3.56. The maximum absolute atomic E-state index is 11.8. The zero-order valence-electron chi connectivity index (χ0n) is 24.5. The van der Waals surface area contributed by atoms with Crippen molar-refractivity contribution < 1.29 is 72.0 Å². The average molecular weight is 619 g/mol. The molecule has 2 fully saturated rings. The number of aliphatic hydroxyl groups is 2. The minimum atomic E-state index is -1.19. The minimum absolute atomic E-state index is 0.133. The molecule has 0 amide bonds. The number of carbonyl (C=O) groups excluding carboxylic acids is 4. The molecule has 244 valence electrons. The molecular formula is C28H42O15. The van der Waals surface area contributed by atoms with Crippen molar-refractivity contribution >= 4 is 24.6 Å². The molecule has 8 unspecified atom stereocenters. The molecule has 0 aromatic rings. The van der Waals surface area contributed by atoms with Gasteiger partial charge in [0.1, 0.15) is 38.6 Å². The zero-order chi connectivity index (χ0) is 31.8. The summed E-state index contributed by atoms with van der Waals surface area (Å²) < 4.78 is 44.3. The van der Waals surface area contributed by atoms with Gasteiger partial charge in [-0.25, -0.2) is 19.2 Å². The molecule has 2 saturated carbocycles. The fourth-order valence-corrected chi connectivity index (χ4v) is 4.47. The molecule has 0 radical (unpaired) electrons. The van der Waals surface area contributed by atoms with Crippen molar-refractivity contribution in [2.45, 2.75) is 89.4 Å². The number of hydrogen-bond donors (Lipinski definition) is 2. The van der Waals surface area contributed by atoms with E-state index in [2.05, 4.69) is 13.2 Å². The van der Waals surface area contributed by atoms with Crippen LogP contribution in [0.2, 0.25) is 0 Å². The summed E-state index contributed by atoms with van der Waals surface area (Å²) in [6.07, 6.45) is -2.83. The van der Waals surface area contributed by atoms with E-state index in [9.17, 15) is 29.4 Å². The van der Waals surface area contributed by atoms with Crippen LogP contribution >= 0.6 is 0 Å². The Bertz CT molecular complexity index is 924. The smallest absolute Gasteiger partial charge is 0.431 e. The Balaban J connectivity index is 1.50. The quantitative estimate of drug-likeness (QED) is 0.0939. The van der Waals surface area contributed by atoms with Gasteiger partial charge in [-0.1, -0.05) is 12.2 Å². The number of allylic oxidation sites excluding steroid dienone is 2. The van der Waals surface area contributed by atoms with Crippen molar-refractivity contribution in [3.05, 3.63) is 25.3 Å². The molecule has 0 aromatic heterocycles. The van der Waals surface area contributed by atoms with Gasteiger partial charge in [0.05, 0.1) is 12.2 Å². The van der Waals surface area contributed by atoms with Gasteiger partial charge in [-0.3, -0.25) is 0 Å². The van der Waals surface area contributed by atoms with Crippen LogP contribution in [0.4, 0.5) is 19.2 Å². The van der Waals surface area contributed by atoms with Crippen LogP contribution in [0.25, 0.3) is 0 Å². The van der Waals surface area contributed by atoms with Crippen molar-refractivity contribution in [2.75, 3.05) is 26.4 Å². The molecule has 15 nitrogen and oxygen atoms in total. The lowest BCUT2D eigenvalue weighted by Gasteiger charge is -2.30. The third-order valence-electron chi connectivity index (χ3n) is 6.71. The molecule has 43 heavy (non-hydrogen) atoms. The van der Waals surface area contributed by atoms with Gasteiger partial charge in [0.25, 0.3) is 0 Å². The maximum atomic E-state index is 11.8. The normalized spacial score (nSPS) is 26.4. The number of ether oxygens (including phenoxy) is 9. The van der Waals surface area contributed by atoms with Crippen LogP contribution in [0.5, 0.6) is 0 Å². The number of hydrogen-bond acceptors (Lipinski definition) is 15. The highest BCUT2D eigenvalue weighted by atomic mass is 16.8. The van der Waals surface area contributed by atoms with Gasteiger partial charge in [-0.2, -0.15) is 0 Å². The highest BCUT2D eigenvalue weighted by molar-refractivity contribution is 5.61. The predicted octanol–water partition coefficient (Wildman–Crippen LogP) is 3.74. The molecule has 0 aliphatic heterocycles. The van der Waals surface area contributed by atoms with Crippen LogP contribution < -0.4 is 0 Å². The molecule has 0 saturated heterocycles. The topological polar surface area (TPSA) is 192 Å². The molecule has 2 rings (SSSR count). The lowest BCUT2D eigenvalue weighted by molar-refractivity contribution is -0.204. The van der Waals surface area contributed by atoms with E-state index < -0.39 is 61.6 Å². The fourth-order valence-electron chi connectivity index (χ4n) is 4.47. The Morgan fingerprint density at radius 3 is 1.58 bits per heavy atom. The number of carbonyl (C=O) groups is 4. The van der Waals surface area contributed by atoms with Crippen molar-refractivity contribution in [3.8, 4) is 0 Å². The predicted molar refractivity (Wildman–Crippen MR) is 144 cm³/mol. The summed E-state index contributed by atoms with van der Waals surface area (Å²) in [5.41, 5.74) is 0. The van der Waals surface area contributed by atoms with Crippen LogP contribution in [-0.4, -0.2) is 98.3 Å². The standard InChI is InChI=1S/C28H42O15/c1-5-19-8-10-23(22(30)15-19)42-27(33)37-13-11-35-25(31)40-17(3)39-18(4)41-26(32)36-12-14-38-28(34)43-24-16-20(6-2)7-9-21(24)29/h5-6,17-24,29-30H,1-2,7-16H2,3-4H3. The highest BCUT2D eigenvalue weighted by Crippen LogP contribution is 2.28. The largest absolute Gasteiger partial charge is 0.510 e. The third kappa shape index (κ3) is 14.0. The summed E-state index contributed by atoms with van der Waals surface area (Å²) in [6, 6.07) is 0. The minimum Gasteiger partial charge on any atom is -0.431 e. The van der Waals surface area contributed by atoms with Gasteiger partial charge in [-0.05, 0) is 64.2 Å².